The molecule has 1 amide bonds. The van der Waals surface area contributed by atoms with Crippen LogP contribution in [0, 0.1) is 6.92 Å². The molecule has 3 rings (SSSR count). The fourth-order valence-corrected chi connectivity index (χ4v) is 2.47. The minimum absolute atomic E-state index is 0.174. The summed E-state index contributed by atoms with van der Waals surface area (Å²) < 4.78 is 1.08. The molecule has 5 heteroatoms. The number of amides is 1. The first-order chi connectivity index (χ1) is 11.6. The van der Waals surface area contributed by atoms with Crippen LogP contribution in [0.2, 0.25) is 0 Å². The van der Waals surface area contributed by atoms with Gasteiger partial charge >= 0.3 is 0 Å². The standard InChI is InChI=1S/C19H16BrN3O/c1-13-11-17(8-9-18(13)20)22-15-4-6-16(7-5-15)23-19(24)14-3-2-10-21-12-14/h2-12,22H,1H3,(H,23,24). The molecule has 1 aromatic heterocycles. The number of rotatable bonds is 4. The molecule has 1 heterocycles. The Morgan fingerprint density at radius 2 is 1.71 bits per heavy atom. The van der Waals surface area contributed by atoms with Crippen LogP contribution in [0.5, 0.6) is 0 Å². The van der Waals surface area contributed by atoms with Gasteiger partial charge in [-0.25, -0.2) is 0 Å². The molecule has 4 nitrogen and oxygen atoms in total. The normalized spacial score (nSPS) is 10.2. The highest BCUT2D eigenvalue weighted by atomic mass is 79.9. The van der Waals surface area contributed by atoms with E-state index in [0.717, 1.165) is 21.5 Å². The van der Waals surface area contributed by atoms with Crippen LogP contribution < -0.4 is 10.6 Å². The van der Waals surface area contributed by atoms with E-state index in [0.29, 0.717) is 5.56 Å². The molecule has 0 bridgehead atoms. The second kappa shape index (κ2) is 7.27. The van der Waals surface area contributed by atoms with Gasteiger partial charge in [-0.1, -0.05) is 15.9 Å². The lowest BCUT2D eigenvalue weighted by Gasteiger charge is -2.10. The zero-order chi connectivity index (χ0) is 16.9. The van der Waals surface area contributed by atoms with Crippen LogP contribution in [0.25, 0.3) is 0 Å². The number of hydrogen-bond donors (Lipinski definition) is 2. The van der Waals surface area contributed by atoms with E-state index >= 15 is 0 Å². The van der Waals surface area contributed by atoms with Crippen LogP contribution in [0.1, 0.15) is 15.9 Å². The molecule has 0 spiro atoms. The lowest BCUT2D eigenvalue weighted by atomic mass is 10.2. The van der Waals surface area contributed by atoms with Crippen LogP contribution in [0.3, 0.4) is 0 Å². The number of benzene rings is 2. The first kappa shape index (κ1) is 16.2. The summed E-state index contributed by atoms with van der Waals surface area (Å²) in [5, 5.41) is 6.19. The number of pyridine rings is 1. The van der Waals surface area contributed by atoms with Gasteiger partial charge in [-0.05, 0) is 67.1 Å². The van der Waals surface area contributed by atoms with E-state index in [-0.39, 0.29) is 5.91 Å². The molecular formula is C19H16BrN3O. The maximum absolute atomic E-state index is 12.1. The van der Waals surface area contributed by atoms with Crippen molar-refractivity contribution in [1.29, 1.82) is 0 Å². The van der Waals surface area contributed by atoms with E-state index in [9.17, 15) is 4.79 Å². The molecule has 0 saturated heterocycles. The molecule has 0 saturated carbocycles. The fraction of sp³-hybridized carbons (Fsp3) is 0.0526. The third-order valence-corrected chi connectivity index (χ3v) is 4.40. The molecule has 2 N–H and O–H groups in total. The second-order valence-corrected chi connectivity index (χ2v) is 6.22. The van der Waals surface area contributed by atoms with Crippen LogP contribution in [0.15, 0.2) is 71.5 Å². The Balaban J connectivity index is 1.67. The van der Waals surface area contributed by atoms with Crippen molar-refractivity contribution in [3.05, 3.63) is 82.6 Å². The molecule has 0 aliphatic rings. The lowest BCUT2D eigenvalue weighted by Crippen LogP contribution is -2.11. The number of nitrogens with zero attached hydrogens (tertiary/aromatic N) is 1. The SMILES string of the molecule is Cc1cc(Nc2ccc(NC(=O)c3cccnc3)cc2)ccc1Br. The Hall–Kier alpha value is -2.66. The van der Waals surface area contributed by atoms with Crippen molar-refractivity contribution in [2.24, 2.45) is 0 Å². The van der Waals surface area contributed by atoms with E-state index in [1.807, 2.05) is 43.3 Å². The predicted octanol–water partition coefficient (Wildman–Crippen LogP) is 5.15. The average Bonchev–Trinajstić information content (AvgIpc) is 2.61. The summed E-state index contributed by atoms with van der Waals surface area (Å²) >= 11 is 3.49. The third kappa shape index (κ3) is 4.00. The zero-order valence-corrected chi connectivity index (χ0v) is 14.7. The van der Waals surface area contributed by atoms with Crippen molar-refractivity contribution in [3.63, 3.8) is 0 Å². The smallest absolute Gasteiger partial charge is 0.257 e. The van der Waals surface area contributed by atoms with Crippen LogP contribution in [-0.4, -0.2) is 10.9 Å². The highest BCUT2D eigenvalue weighted by molar-refractivity contribution is 9.10. The highest BCUT2D eigenvalue weighted by Gasteiger charge is 2.05. The summed E-state index contributed by atoms with van der Waals surface area (Å²) in [6.07, 6.45) is 3.18. The van der Waals surface area contributed by atoms with Crippen molar-refractivity contribution < 1.29 is 4.79 Å². The van der Waals surface area contributed by atoms with Gasteiger partial charge in [-0.3, -0.25) is 9.78 Å². The predicted molar refractivity (Wildman–Crippen MR) is 101 cm³/mol. The summed E-state index contributed by atoms with van der Waals surface area (Å²) in [5.41, 5.74) is 4.41. The molecule has 0 aliphatic heterocycles. The number of carbonyl (C=O) groups is 1. The summed E-state index contributed by atoms with van der Waals surface area (Å²) in [7, 11) is 0. The summed E-state index contributed by atoms with van der Waals surface area (Å²) in [6.45, 7) is 2.05. The zero-order valence-electron chi connectivity index (χ0n) is 13.1. The molecule has 2 aromatic carbocycles. The summed E-state index contributed by atoms with van der Waals surface area (Å²) in [4.78, 5) is 16.0. The van der Waals surface area contributed by atoms with Gasteiger partial charge in [-0.15, -0.1) is 0 Å². The first-order valence-electron chi connectivity index (χ1n) is 7.46. The Bertz CT molecular complexity index is 848. The maximum atomic E-state index is 12.1. The summed E-state index contributed by atoms with van der Waals surface area (Å²) in [6, 6.07) is 17.1. The van der Waals surface area contributed by atoms with E-state index in [1.54, 1.807) is 24.5 Å². The molecule has 24 heavy (non-hydrogen) atoms. The van der Waals surface area contributed by atoms with E-state index in [1.165, 1.54) is 5.56 Å². The van der Waals surface area contributed by atoms with Crippen molar-refractivity contribution in [2.75, 3.05) is 10.6 Å². The molecule has 0 unspecified atom stereocenters. The molecule has 3 aromatic rings. The first-order valence-corrected chi connectivity index (χ1v) is 8.26. The van der Waals surface area contributed by atoms with Crippen molar-refractivity contribution >= 4 is 38.9 Å². The number of hydrogen-bond acceptors (Lipinski definition) is 3. The van der Waals surface area contributed by atoms with E-state index in [4.69, 9.17) is 0 Å². The molecular weight excluding hydrogens is 366 g/mol. The minimum atomic E-state index is -0.174. The quantitative estimate of drug-likeness (QED) is 0.656. The van der Waals surface area contributed by atoms with Gasteiger partial charge in [-0.2, -0.15) is 0 Å². The number of carbonyl (C=O) groups excluding carboxylic acids is 1. The van der Waals surface area contributed by atoms with Gasteiger partial charge < -0.3 is 10.6 Å². The number of aromatic nitrogens is 1. The Kier molecular flexibility index (Phi) is 4.91. The number of aryl methyl sites for hydroxylation is 1. The van der Waals surface area contributed by atoms with Gasteiger partial charge in [0.1, 0.15) is 0 Å². The van der Waals surface area contributed by atoms with Crippen molar-refractivity contribution in [2.45, 2.75) is 6.92 Å². The van der Waals surface area contributed by atoms with E-state index in [2.05, 4.69) is 37.6 Å². The molecule has 0 atom stereocenters. The van der Waals surface area contributed by atoms with Crippen LogP contribution >= 0.6 is 15.9 Å². The minimum Gasteiger partial charge on any atom is -0.356 e. The van der Waals surface area contributed by atoms with Gasteiger partial charge in [0.2, 0.25) is 0 Å². The summed E-state index contributed by atoms with van der Waals surface area (Å²) in [5.74, 6) is -0.174. The lowest BCUT2D eigenvalue weighted by molar-refractivity contribution is 0.102. The molecule has 120 valence electrons. The molecule has 0 aliphatic carbocycles. The third-order valence-electron chi connectivity index (χ3n) is 3.51. The topological polar surface area (TPSA) is 54.0 Å². The van der Waals surface area contributed by atoms with Gasteiger partial charge in [0.25, 0.3) is 5.91 Å². The van der Waals surface area contributed by atoms with Crippen LogP contribution in [-0.2, 0) is 0 Å². The monoisotopic (exact) mass is 381 g/mol. The largest absolute Gasteiger partial charge is 0.356 e. The van der Waals surface area contributed by atoms with Crippen LogP contribution in [0.4, 0.5) is 17.1 Å². The van der Waals surface area contributed by atoms with Gasteiger partial charge in [0.05, 0.1) is 5.56 Å². The number of nitrogens with one attached hydrogen (secondary N) is 2. The molecule has 0 fully saturated rings. The Morgan fingerprint density at radius 1 is 1.00 bits per heavy atom. The number of halogens is 1. The van der Waals surface area contributed by atoms with Crippen molar-refractivity contribution in [1.82, 2.24) is 4.98 Å². The van der Waals surface area contributed by atoms with E-state index < -0.39 is 0 Å². The molecule has 0 radical (unpaired) electrons. The highest BCUT2D eigenvalue weighted by Crippen LogP contribution is 2.24. The van der Waals surface area contributed by atoms with Gasteiger partial charge in [0, 0.05) is 33.9 Å². The second-order valence-electron chi connectivity index (χ2n) is 5.36. The Labute approximate surface area is 149 Å². The fourth-order valence-electron chi connectivity index (χ4n) is 2.23. The number of anilines is 3. The van der Waals surface area contributed by atoms with Crippen molar-refractivity contribution in [3.8, 4) is 0 Å². The Morgan fingerprint density at radius 3 is 2.38 bits per heavy atom. The van der Waals surface area contributed by atoms with Gasteiger partial charge in [0.15, 0.2) is 0 Å². The maximum Gasteiger partial charge on any atom is 0.257 e. The average molecular weight is 382 g/mol.